The number of fused-ring (bicyclic) bond motifs is 2. The molecule has 0 aliphatic carbocycles. The molecule has 108 valence electrons. The molecule has 0 N–H and O–H groups in total. The molecule has 0 saturated heterocycles. The number of benzene rings is 2. The van der Waals surface area contributed by atoms with E-state index in [1.807, 2.05) is 0 Å². The maximum absolute atomic E-state index is 10.9. The Balaban J connectivity index is 2.09. The number of hydrogen-bond donors (Lipinski definition) is 0. The summed E-state index contributed by atoms with van der Waals surface area (Å²) in [5, 5.41) is 1.15. The Kier molecular flexibility index (Phi) is 3.98. The van der Waals surface area contributed by atoms with Crippen LogP contribution in [-0.2, 0) is 4.74 Å². The Bertz CT molecular complexity index is 664. The van der Waals surface area contributed by atoms with Gasteiger partial charge in [0, 0.05) is 32.8 Å². The number of halogens is 3. The van der Waals surface area contributed by atoms with Gasteiger partial charge in [0.2, 0.25) is 0 Å². The van der Waals surface area contributed by atoms with Crippen LogP contribution in [0.4, 0.5) is 4.79 Å². The van der Waals surface area contributed by atoms with Crippen LogP contribution in [0, 0.1) is 0 Å². The predicted molar refractivity (Wildman–Crippen MR) is 82.0 cm³/mol. The summed E-state index contributed by atoms with van der Waals surface area (Å²) in [5.41, 5.74) is 0.805. The van der Waals surface area contributed by atoms with Crippen LogP contribution in [0.5, 0.6) is 11.5 Å². The average Bonchev–Trinajstić information content (AvgIpc) is 2.44. The lowest BCUT2D eigenvalue weighted by atomic mass is 9.88. The first-order chi connectivity index (χ1) is 10.0. The Labute approximate surface area is 136 Å². The van der Waals surface area contributed by atoms with E-state index in [0.29, 0.717) is 21.5 Å². The summed E-state index contributed by atoms with van der Waals surface area (Å²) in [7, 11) is 0. The smallest absolute Gasteiger partial charge is 0.403 e. The maximum Gasteiger partial charge on any atom is 0.403 e. The first-order valence-electron chi connectivity index (χ1n) is 6.13. The van der Waals surface area contributed by atoms with Gasteiger partial charge in [0.05, 0.1) is 5.92 Å². The van der Waals surface area contributed by atoms with Crippen molar-refractivity contribution in [2.45, 2.75) is 5.92 Å². The molecular weight excluding hydrogens is 335 g/mol. The van der Waals surface area contributed by atoms with Gasteiger partial charge in [0.15, 0.2) is 0 Å². The molecule has 0 saturated carbocycles. The zero-order chi connectivity index (χ0) is 15.0. The molecule has 3 nitrogen and oxygen atoms in total. The highest BCUT2D eigenvalue weighted by molar-refractivity contribution is 6.61. The van der Waals surface area contributed by atoms with E-state index >= 15 is 0 Å². The minimum atomic E-state index is -0.853. The van der Waals surface area contributed by atoms with E-state index in [0.717, 1.165) is 11.1 Å². The van der Waals surface area contributed by atoms with E-state index in [1.54, 1.807) is 36.4 Å². The number of hydrogen-bond acceptors (Lipinski definition) is 3. The van der Waals surface area contributed by atoms with Crippen LogP contribution < -0.4 is 4.74 Å². The molecule has 6 heteroatoms. The molecule has 0 bridgehead atoms. The van der Waals surface area contributed by atoms with Crippen LogP contribution in [-0.4, -0.2) is 12.0 Å². The summed E-state index contributed by atoms with van der Waals surface area (Å²) in [6.07, 6.45) is 0. The van der Waals surface area contributed by atoms with Gasteiger partial charge in [-0.1, -0.05) is 23.2 Å². The first-order valence-corrected chi connectivity index (χ1v) is 7.27. The third kappa shape index (κ3) is 2.95. The second-order valence-corrected chi connectivity index (χ2v) is 5.75. The van der Waals surface area contributed by atoms with Crippen LogP contribution in [0.3, 0.4) is 0 Å². The molecule has 1 aliphatic rings. The molecule has 2 aromatic carbocycles. The third-order valence-electron chi connectivity index (χ3n) is 3.28. The van der Waals surface area contributed by atoms with Crippen molar-refractivity contribution in [2.24, 2.45) is 0 Å². The summed E-state index contributed by atoms with van der Waals surface area (Å²) >= 11 is 17.4. The van der Waals surface area contributed by atoms with Gasteiger partial charge >= 0.3 is 5.43 Å². The fraction of sp³-hybridized carbons (Fsp3) is 0.133. The number of carbonyl (C=O) groups is 1. The molecule has 0 unspecified atom stereocenters. The zero-order valence-electron chi connectivity index (χ0n) is 10.6. The second kappa shape index (κ2) is 5.76. The van der Waals surface area contributed by atoms with Crippen molar-refractivity contribution in [1.82, 2.24) is 0 Å². The molecule has 0 spiro atoms. The minimum absolute atomic E-state index is 0.0897. The Morgan fingerprint density at radius 1 is 1.05 bits per heavy atom. The summed E-state index contributed by atoms with van der Waals surface area (Å²) < 4.78 is 10.8. The van der Waals surface area contributed by atoms with Crippen LogP contribution in [0.25, 0.3) is 0 Å². The first kappa shape index (κ1) is 14.5. The zero-order valence-corrected chi connectivity index (χ0v) is 12.9. The molecule has 3 rings (SSSR count). The topological polar surface area (TPSA) is 35.5 Å². The van der Waals surface area contributed by atoms with E-state index < -0.39 is 5.43 Å². The monoisotopic (exact) mass is 342 g/mol. The fourth-order valence-corrected chi connectivity index (χ4v) is 2.81. The SMILES string of the molecule is O=C(Cl)OCC1c2cc(Cl)ccc2Oc2ccc(Cl)cc21. The van der Waals surface area contributed by atoms with Crippen molar-refractivity contribution < 1.29 is 14.3 Å². The Morgan fingerprint density at radius 2 is 1.57 bits per heavy atom. The second-order valence-electron chi connectivity index (χ2n) is 4.57. The largest absolute Gasteiger partial charge is 0.457 e. The Morgan fingerprint density at radius 3 is 2.05 bits per heavy atom. The van der Waals surface area contributed by atoms with Gasteiger partial charge in [-0.05, 0) is 36.4 Å². The lowest BCUT2D eigenvalue weighted by molar-refractivity contribution is 0.168. The summed E-state index contributed by atoms with van der Waals surface area (Å²) in [6.45, 7) is 0.0897. The van der Waals surface area contributed by atoms with Crippen molar-refractivity contribution in [3.63, 3.8) is 0 Å². The number of carbonyl (C=O) groups excluding carboxylic acids is 1. The van der Waals surface area contributed by atoms with E-state index in [2.05, 4.69) is 0 Å². The van der Waals surface area contributed by atoms with Gasteiger partial charge < -0.3 is 9.47 Å². The van der Waals surface area contributed by atoms with Crippen molar-refractivity contribution in [3.05, 3.63) is 57.6 Å². The van der Waals surface area contributed by atoms with Crippen LogP contribution >= 0.6 is 34.8 Å². The van der Waals surface area contributed by atoms with Crippen molar-refractivity contribution in [3.8, 4) is 11.5 Å². The van der Waals surface area contributed by atoms with Crippen LogP contribution in [0.1, 0.15) is 17.0 Å². The molecule has 0 fully saturated rings. The average molecular weight is 344 g/mol. The van der Waals surface area contributed by atoms with Crippen LogP contribution in [0.2, 0.25) is 10.0 Å². The highest BCUT2D eigenvalue weighted by Crippen LogP contribution is 2.45. The van der Waals surface area contributed by atoms with Crippen molar-refractivity contribution in [2.75, 3.05) is 6.61 Å². The molecule has 1 aliphatic heterocycles. The van der Waals surface area contributed by atoms with E-state index in [9.17, 15) is 4.79 Å². The molecule has 1 heterocycles. The summed E-state index contributed by atoms with van der Waals surface area (Å²) in [6, 6.07) is 10.6. The molecule has 21 heavy (non-hydrogen) atoms. The van der Waals surface area contributed by atoms with Crippen molar-refractivity contribution >= 4 is 40.2 Å². The van der Waals surface area contributed by atoms with Gasteiger partial charge in [-0.3, -0.25) is 0 Å². The van der Waals surface area contributed by atoms with Gasteiger partial charge in [-0.2, -0.15) is 0 Å². The summed E-state index contributed by atoms with van der Waals surface area (Å²) in [4.78, 5) is 10.9. The molecule has 2 aromatic rings. The maximum atomic E-state index is 10.9. The highest BCUT2D eigenvalue weighted by Gasteiger charge is 2.28. The van der Waals surface area contributed by atoms with E-state index in [-0.39, 0.29) is 12.5 Å². The third-order valence-corrected chi connectivity index (χ3v) is 3.86. The molecule has 0 radical (unpaired) electrons. The van der Waals surface area contributed by atoms with Gasteiger partial charge in [-0.15, -0.1) is 0 Å². The van der Waals surface area contributed by atoms with E-state index in [1.165, 1.54) is 0 Å². The van der Waals surface area contributed by atoms with Gasteiger partial charge in [0.25, 0.3) is 0 Å². The number of ether oxygens (including phenoxy) is 2. The fourth-order valence-electron chi connectivity index (χ4n) is 2.38. The molecule has 0 atom stereocenters. The van der Waals surface area contributed by atoms with Crippen molar-refractivity contribution in [1.29, 1.82) is 0 Å². The van der Waals surface area contributed by atoms with E-state index in [4.69, 9.17) is 44.3 Å². The highest BCUT2D eigenvalue weighted by atomic mass is 35.5. The summed E-state index contributed by atoms with van der Waals surface area (Å²) in [5.74, 6) is 1.11. The number of rotatable bonds is 2. The van der Waals surface area contributed by atoms with Crippen LogP contribution in [0.15, 0.2) is 36.4 Å². The Hall–Kier alpha value is -1.42. The quantitative estimate of drug-likeness (QED) is 0.665. The molecular formula is C15H9Cl3O3. The van der Waals surface area contributed by atoms with Gasteiger partial charge in [0.1, 0.15) is 18.1 Å². The molecule has 0 aromatic heterocycles. The predicted octanol–water partition coefficient (Wildman–Crippen LogP) is 5.61. The lowest BCUT2D eigenvalue weighted by Crippen LogP contribution is -2.16. The minimum Gasteiger partial charge on any atom is -0.457 e. The standard InChI is InChI=1S/C15H9Cl3O3/c16-8-1-3-13-10(5-8)12(7-20-15(18)19)11-6-9(17)2-4-14(11)21-13/h1-6,12H,7H2. The molecule has 0 amide bonds. The van der Waals surface area contributed by atoms with Gasteiger partial charge in [-0.25, -0.2) is 4.79 Å². The normalized spacial score (nSPS) is 13.1. The lowest BCUT2D eigenvalue weighted by Gasteiger charge is -2.28.